The van der Waals surface area contributed by atoms with Crippen molar-refractivity contribution >= 4 is 16.7 Å². The third-order valence-corrected chi connectivity index (χ3v) is 4.05. The van der Waals surface area contributed by atoms with Gasteiger partial charge < -0.3 is 5.11 Å². The van der Waals surface area contributed by atoms with Crippen molar-refractivity contribution in [2.75, 3.05) is 0 Å². The van der Waals surface area contributed by atoms with E-state index in [1.54, 1.807) is 0 Å². The highest BCUT2D eigenvalue weighted by Gasteiger charge is 2.32. The molecule has 1 N–H and O–H groups in total. The highest BCUT2D eigenvalue weighted by atomic mass is 16.3. The molecule has 2 rings (SSSR count). The maximum atomic E-state index is 12.3. The van der Waals surface area contributed by atoms with Crippen LogP contribution in [0.2, 0.25) is 0 Å². The molecule has 2 aromatic rings. The van der Waals surface area contributed by atoms with Crippen LogP contribution in [0.1, 0.15) is 39.3 Å². The molecule has 0 fully saturated rings. The van der Waals surface area contributed by atoms with Crippen molar-refractivity contribution in [2.45, 2.75) is 52.2 Å². The van der Waals surface area contributed by atoms with E-state index in [2.05, 4.69) is 5.10 Å². The summed E-state index contributed by atoms with van der Waals surface area (Å²) in [5.41, 5.74) is 0.569. The molecule has 0 aliphatic heterocycles. The third kappa shape index (κ3) is 2.48. The van der Waals surface area contributed by atoms with E-state index in [0.29, 0.717) is 12.8 Å². The van der Waals surface area contributed by atoms with Gasteiger partial charge in [0.05, 0.1) is 17.6 Å². The van der Waals surface area contributed by atoms with Crippen LogP contribution in [0.25, 0.3) is 10.9 Å². The molecule has 0 bridgehead atoms. The lowest BCUT2D eigenvalue weighted by atomic mass is 9.89. The van der Waals surface area contributed by atoms with Gasteiger partial charge in [-0.25, -0.2) is 0 Å². The van der Waals surface area contributed by atoms with Gasteiger partial charge in [0.15, 0.2) is 5.78 Å². The molecular weight excluding hydrogens is 252 g/mol. The van der Waals surface area contributed by atoms with Gasteiger partial charge in [-0.1, -0.05) is 32.0 Å². The van der Waals surface area contributed by atoms with Crippen LogP contribution in [0.15, 0.2) is 24.3 Å². The van der Waals surface area contributed by atoms with E-state index < -0.39 is 5.60 Å². The number of rotatable bonds is 6. The van der Waals surface area contributed by atoms with Crippen molar-refractivity contribution in [1.82, 2.24) is 9.78 Å². The van der Waals surface area contributed by atoms with Crippen molar-refractivity contribution in [3.8, 4) is 0 Å². The summed E-state index contributed by atoms with van der Waals surface area (Å²) in [4.78, 5) is 12.3. The van der Waals surface area contributed by atoms with E-state index in [1.807, 2.05) is 49.7 Å². The second kappa shape index (κ2) is 5.75. The number of para-hydroxylation sites is 1. The Balaban J connectivity index is 2.37. The second-order valence-electron chi connectivity index (χ2n) is 5.12. The molecule has 4 heteroatoms. The Morgan fingerprint density at radius 3 is 2.50 bits per heavy atom. The van der Waals surface area contributed by atoms with Gasteiger partial charge in [0, 0.05) is 11.9 Å². The number of hydrogen-bond acceptors (Lipinski definition) is 3. The van der Waals surface area contributed by atoms with Crippen LogP contribution in [0.4, 0.5) is 0 Å². The molecule has 108 valence electrons. The molecule has 0 aliphatic carbocycles. The molecule has 4 nitrogen and oxygen atoms in total. The average molecular weight is 274 g/mol. The van der Waals surface area contributed by atoms with E-state index in [0.717, 1.165) is 23.1 Å². The van der Waals surface area contributed by atoms with Crippen molar-refractivity contribution in [1.29, 1.82) is 0 Å². The minimum atomic E-state index is -1.23. The van der Waals surface area contributed by atoms with Crippen LogP contribution in [0.3, 0.4) is 0 Å². The number of carbonyl (C=O) groups excluding carboxylic acids is 1. The summed E-state index contributed by atoms with van der Waals surface area (Å²) in [6, 6.07) is 7.90. The zero-order valence-electron chi connectivity index (χ0n) is 12.4. The highest BCUT2D eigenvalue weighted by molar-refractivity contribution is 5.92. The predicted octanol–water partition coefficient (Wildman–Crippen LogP) is 2.72. The monoisotopic (exact) mass is 274 g/mol. The zero-order chi connectivity index (χ0) is 14.8. The molecule has 0 radical (unpaired) electrons. The Hall–Kier alpha value is -1.68. The number of aliphatic hydroxyl groups is 1. The number of benzene rings is 1. The van der Waals surface area contributed by atoms with E-state index in [9.17, 15) is 9.90 Å². The van der Waals surface area contributed by atoms with E-state index in [-0.39, 0.29) is 12.2 Å². The maximum Gasteiger partial charge on any atom is 0.170 e. The molecule has 1 heterocycles. The Morgan fingerprint density at radius 1 is 1.25 bits per heavy atom. The molecule has 0 amide bonds. The van der Waals surface area contributed by atoms with Crippen LogP contribution in [0, 0.1) is 0 Å². The highest BCUT2D eigenvalue weighted by Crippen LogP contribution is 2.23. The minimum Gasteiger partial charge on any atom is -0.382 e. The molecule has 20 heavy (non-hydrogen) atoms. The average Bonchev–Trinajstić information content (AvgIpc) is 2.84. The quantitative estimate of drug-likeness (QED) is 0.881. The molecule has 0 unspecified atom stereocenters. The fourth-order valence-electron chi connectivity index (χ4n) is 2.53. The lowest BCUT2D eigenvalue weighted by molar-refractivity contribution is -0.137. The maximum absolute atomic E-state index is 12.3. The van der Waals surface area contributed by atoms with Gasteiger partial charge >= 0.3 is 0 Å². The van der Waals surface area contributed by atoms with Gasteiger partial charge in [-0.2, -0.15) is 5.10 Å². The van der Waals surface area contributed by atoms with Gasteiger partial charge in [0.25, 0.3) is 0 Å². The van der Waals surface area contributed by atoms with Gasteiger partial charge in [-0.05, 0) is 25.8 Å². The Morgan fingerprint density at radius 2 is 1.90 bits per heavy atom. The summed E-state index contributed by atoms with van der Waals surface area (Å²) in [6.07, 6.45) is 1.06. The van der Waals surface area contributed by atoms with E-state index in [1.165, 1.54) is 0 Å². The van der Waals surface area contributed by atoms with Crippen molar-refractivity contribution in [3.05, 3.63) is 30.0 Å². The summed E-state index contributed by atoms with van der Waals surface area (Å²) in [7, 11) is 0. The standard InChI is InChI=1S/C16H22N2O2/c1-4-16(20,5-2)15(19)11-13-12-9-7-8-10-14(12)18(6-3)17-13/h7-10,20H,4-6,11H2,1-3H3. The van der Waals surface area contributed by atoms with Crippen LogP contribution in [-0.2, 0) is 17.8 Å². The fraction of sp³-hybridized carbons (Fsp3) is 0.500. The summed E-state index contributed by atoms with van der Waals surface area (Å²) in [6.45, 7) is 6.47. The first-order valence-electron chi connectivity index (χ1n) is 7.25. The summed E-state index contributed by atoms with van der Waals surface area (Å²) in [5.74, 6) is -0.144. The van der Waals surface area contributed by atoms with E-state index >= 15 is 0 Å². The molecule has 0 saturated heterocycles. The Labute approximate surface area is 119 Å². The fourth-order valence-corrected chi connectivity index (χ4v) is 2.53. The van der Waals surface area contributed by atoms with Gasteiger partial charge in [0.1, 0.15) is 5.60 Å². The smallest absolute Gasteiger partial charge is 0.170 e. The molecule has 0 saturated carbocycles. The van der Waals surface area contributed by atoms with Crippen LogP contribution in [-0.4, -0.2) is 26.3 Å². The molecule has 0 atom stereocenters. The number of ketones is 1. The van der Waals surface area contributed by atoms with Gasteiger partial charge in [-0.15, -0.1) is 0 Å². The Bertz CT molecular complexity index is 612. The largest absolute Gasteiger partial charge is 0.382 e. The van der Waals surface area contributed by atoms with Crippen molar-refractivity contribution in [2.24, 2.45) is 0 Å². The number of carbonyl (C=O) groups is 1. The number of Topliss-reactive ketones (excluding diaryl/α,β-unsaturated/α-hetero) is 1. The minimum absolute atomic E-state index is 0.144. The first-order chi connectivity index (χ1) is 9.55. The number of fused-ring (bicyclic) bond motifs is 1. The molecular formula is C16H22N2O2. The normalized spacial score (nSPS) is 12.0. The second-order valence-corrected chi connectivity index (χ2v) is 5.12. The van der Waals surface area contributed by atoms with Gasteiger partial charge in [0.2, 0.25) is 0 Å². The first-order valence-corrected chi connectivity index (χ1v) is 7.25. The third-order valence-electron chi connectivity index (χ3n) is 4.05. The number of aromatic nitrogens is 2. The summed E-state index contributed by atoms with van der Waals surface area (Å²) < 4.78 is 1.90. The van der Waals surface area contributed by atoms with E-state index in [4.69, 9.17) is 0 Å². The number of nitrogens with zero attached hydrogens (tertiary/aromatic N) is 2. The lowest BCUT2D eigenvalue weighted by Gasteiger charge is -2.22. The van der Waals surface area contributed by atoms with Gasteiger partial charge in [-0.3, -0.25) is 9.48 Å². The molecule has 0 spiro atoms. The Kier molecular flexibility index (Phi) is 4.23. The van der Waals surface area contributed by atoms with Crippen LogP contribution >= 0.6 is 0 Å². The first kappa shape index (κ1) is 14.7. The lowest BCUT2D eigenvalue weighted by Crippen LogP contribution is -2.38. The van der Waals surface area contributed by atoms with Crippen LogP contribution in [0.5, 0.6) is 0 Å². The molecule has 1 aromatic carbocycles. The van der Waals surface area contributed by atoms with Crippen molar-refractivity contribution in [3.63, 3.8) is 0 Å². The predicted molar refractivity (Wildman–Crippen MR) is 79.6 cm³/mol. The summed E-state index contributed by atoms with van der Waals surface area (Å²) in [5, 5.41) is 15.8. The van der Waals surface area contributed by atoms with Crippen molar-refractivity contribution < 1.29 is 9.90 Å². The number of hydrogen-bond donors (Lipinski definition) is 1. The SMILES string of the molecule is CCn1nc(CC(=O)C(O)(CC)CC)c2ccccc21. The zero-order valence-corrected chi connectivity index (χ0v) is 12.4. The summed E-state index contributed by atoms with van der Waals surface area (Å²) >= 11 is 0. The van der Waals surface area contributed by atoms with Crippen LogP contribution < -0.4 is 0 Å². The molecule has 1 aromatic heterocycles. The number of aryl methyl sites for hydroxylation is 1. The topological polar surface area (TPSA) is 55.1 Å². The molecule has 0 aliphatic rings.